The van der Waals surface area contributed by atoms with Crippen LogP contribution in [-0.4, -0.2) is 22.8 Å². The van der Waals surface area contributed by atoms with Crippen LogP contribution in [-0.2, 0) is 9.53 Å². The molecule has 0 aromatic rings. The highest BCUT2D eigenvalue weighted by Crippen LogP contribution is 2.01. The molecule has 4 heteroatoms. The highest BCUT2D eigenvalue weighted by Gasteiger charge is 2.07. The van der Waals surface area contributed by atoms with E-state index in [-0.39, 0.29) is 12.2 Å². The Morgan fingerprint density at radius 2 is 2.00 bits per heavy atom. The van der Waals surface area contributed by atoms with Gasteiger partial charge in [0.25, 0.3) is 5.95 Å². The van der Waals surface area contributed by atoms with E-state index in [1.165, 1.54) is 6.92 Å². The zero-order chi connectivity index (χ0) is 8.15. The van der Waals surface area contributed by atoms with Gasteiger partial charge in [0.05, 0.1) is 6.61 Å². The Kier molecular flexibility index (Phi) is 3.32. The first-order valence-electron chi connectivity index (χ1n) is 2.85. The van der Waals surface area contributed by atoms with Crippen LogP contribution >= 0.6 is 0 Å². The van der Waals surface area contributed by atoms with Gasteiger partial charge < -0.3 is 14.9 Å². The van der Waals surface area contributed by atoms with Gasteiger partial charge in [-0.2, -0.15) is 0 Å². The molecule has 0 saturated carbocycles. The van der Waals surface area contributed by atoms with Crippen molar-refractivity contribution in [3.05, 3.63) is 11.5 Å². The number of carbonyl (C=O) groups is 1. The molecule has 0 unspecified atom stereocenters. The van der Waals surface area contributed by atoms with E-state index in [1.807, 2.05) is 0 Å². The highest BCUT2D eigenvalue weighted by atomic mass is 16.6. The Morgan fingerprint density at radius 3 is 2.30 bits per heavy atom. The van der Waals surface area contributed by atoms with E-state index in [2.05, 4.69) is 4.74 Å². The molecule has 0 spiro atoms. The molecule has 0 amide bonds. The minimum atomic E-state index is -1.18. The van der Waals surface area contributed by atoms with Gasteiger partial charge in [0.1, 0.15) is 5.57 Å². The van der Waals surface area contributed by atoms with Crippen molar-refractivity contribution in [1.82, 2.24) is 0 Å². The number of hydrogen-bond acceptors (Lipinski definition) is 3. The molecule has 10 heavy (non-hydrogen) atoms. The van der Waals surface area contributed by atoms with Crippen LogP contribution in [0.1, 0.15) is 13.8 Å². The smallest absolute Gasteiger partial charge is 0.338 e. The van der Waals surface area contributed by atoms with Crippen LogP contribution in [0.25, 0.3) is 0 Å². The van der Waals surface area contributed by atoms with Crippen LogP contribution in [0, 0.1) is 0 Å². The fourth-order valence-corrected chi connectivity index (χ4v) is 0.336. The molecule has 0 heterocycles. The maximum Gasteiger partial charge on any atom is 0.338 e. The van der Waals surface area contributed by atoms with Crippen molar-refractivity contribution >= 4 is 5.97 Å². The molecule has 58 valence electrons. The van der Waals surface area contributed by atoms with Gasteiger partial charge in [-0.3, -0.25) is 0 Å². The Bertz CT molecular complexity index is 159. The summed E-state index contributed by atoms with van der Waals surface area (Å²) in [6.45, 7) is 3.19. The van der Waals surface area contributed by atoms with E-state index in [4.69, 9.17) is 10.2 Å². The zero-order valence-electron chi connectivity index (χ0n) is 5.92. The van der Waals surface area contributed by atoms with E-state index in [9.17, 15) is 4.79 Å². The first kappa shape index (κ1) is 8.81. The van der Waals surface area contributed by atoms with Gasteiger partial charge >= 0.3 is 5.97 Å². The quantitative estimate of drug-likeness (QED) is 0.458. The topological polar surface area (TPSA) is 66.8 Å². The van der Waals surface area contributed by atoms with E-state index >= 15 is 0 Å². The second-order valence-electron chi connectivity index (χ2n) is 1.67. The minimum absolute atomic E-state index is 0.179. The fourth-order valence-electron chi connectivity index (χ4n) is 0.336. The van der Waals surface area contributed by atoms with E-state index in [0.717, 1.165) is 0 Å². The molecule has 4 nitrogen and oxygen atoms in total. The van der Waals surface area contributed by atoms with E-state index < -0.39 is 11.9 Å². The second kappa shape index (κ2) is 3.76. The summed E-state index contributed by atoms with van der Waals surface area (Å²) in [7, 11) is 0. The maximum atomic E-state index is 10.1. The average Bonchev–Trinajstić information content (AvgIpc) is 1.87. The summed E-state index contributed by atoms with van der Waals surface area (Å²) in [5, 5.41) is 17.0. The molecule has 0 bridgehead atoms. The standard InChI is InChI=1S/C6H10O4/c1-3-10-6(9)4(2)5(7)8/h9H,3H2,1-2H3,(H,7,8). The Labute approximate surface area is 58.7 Å². The summed E-state index contributed by atoms with van der Waals surface area (Å²) in [6, 6.07) is 0. The van der Waals surface area contributed by atoms with Crippen molar-refractivity contribution < 1.29 is 19.7 Å². The molecule has 0 atom stereocenters. The summed E-state index contributed by atoms with van der Waals surface area (Å²) in [5.74, 6) is -1.69. The predicted molar refractivity (Wildman–Crippen MR) is 34.6 cm³/mol. The molecule has 0 saturated heterocycles. The first-order valence-corrected chi connectivity index (χ1v) is 2.85. The number of aliphatic hydroxyl groups excluding tert-OH is 1. The molecule has 2 N–H and O–H groups in total. The van der Waals surface area contributed by atoms with Crippen molar-refractivity contribution in [3.8, 4) is 0 Å². The largest absolute Gasteiger partial charge is 0.481 e. The molecule has 0 aliphatic heterocycles. The third kappa shape index (κ3) is 2.39. The van der Waals surface area contributed by atoms with Crippen LogP contribution in [0.5, 0.6) is 0 Å². The molecule has 0 rings (SSSR count). The Morgan fingerprint density at radius 1 is 1.50 bits per heavy atom. The lowest BCUT2D eigenvalue weighted by Crippen LogP contribution is -2.03. The maximum absolute atomic E-state index is 10.1. The summed E-state index contributed by atoms with van der Waals surface area (Å²) >= 11 is 0. The Balaban J connectivity index is 4.19. The number of carboxylic acid groups (broad SMARTS) is 1. The normalized spacial score (nSPS) is 12.2. The van der Waals surface area contributed by atoms with Crippen LogP contribution in [0.15, 0.2) is 11.5 Å². The van der Waals surface area contributed by atoms with Crippen molar-refractivity contribution in [2.45, 2.75) is 13.8 Å². The van der Waals surface area contributed by atoms with Gasteiger partial charge in [0, 0.05) is 0 Å². The van der Waals surface area contributed by atoms with Crippen LogP contribution in [0.3, 0.4) is 0 Å². The average molecular weight is 146 g/mol. The number of hydrogen-bond donors (Lipinski definition) is 2. The van der Waals surface area contributed by atoms with Gasteiger partial charge in [-0.25, -0.2) is 4.79 Å². The lowest BCUT2D eigenvalue weighted by atomic mass is 10.3. The summed E-state index contributed by atoms with van der Waals surface area (Å²) in [6.07, 6.45) is 0. The van der Waals surface area contributed by atoms with Crippen molar-refractivity contribution in [2.24, 2.45) is 0 Å². The second-order valence-corrected chi connectivity index (χ2v) is 1.67. The first-order chi connectivity index (χ1) is 4.59. The molecular weight excluding hydrogens is 136 g/mol. The van der Waals surface area contributed by atoms with Gasteiger partial charge in [-0.1, -0.05) is 0 Å². The summed E-state index contributed by atoms with van der Waals surface area (Å²) < 4.78 is 4.52. The van der Waals surface area contributed by atoms with Gasteiger partial charge in [-0.15, -0.1) is 0 Å². The number of rotatable bonds is 3. The molecule has 0 fully saturated rings. The molecule has 0 aliphatic rings. The van der Waals surface area contributed by atoms with Gasteiger partial charge in [0.15, 0.2) is 0 Å². The highest BCUT2D eigenvalue weighted by molar-refractivity contribution is 5.85. The number of aliphatic carboxylic acids is 1. The van der Waals surface area contributed by atoms with E-state index in [0.29, 0.717) is 0 Å². The SMILES string of the molecule is CCOC(O)=C(C)C(=O)O. The lowest BCUT2D eigenvalue weighted by Gasteiger charge is -2.01. The molecular formula is C6H10O4. The van der Waals surface area contributed by atoms with Crippen molar-refractivity contribution in [1.29, 1.82) is 0 Å². The number of aliphatic hydroxyl groups is 1. The van der Waals surface area contributed by atoms with Crippen LogP contribution in [0.4, 0.5) is 0 Å². The van der Waals surface area contributed by atoms with Crippen molar-refractivity contribution in [3.63, 3.8) is 0 Å². The Hall–Kier alpha value is -1.19. The zero-order valence-corrected chi connectivity index (χ0v) is 5.92. The van der Waals surface area contributed by atoms with Crippen molar-refractivity contribution in [2.75, 3.05) is 6.61 Å². The number of carboxylic acids is 1. The van der Waals surface area contributed by atoms with Gasteiger partial charge in [-0.05, 0) is 13.8 Å². The van der Waals surface area contributed by atoms with E-state index in [1.54, 1.807) is 6.92 Å². The third-order valence-electron chi connectivity index (χ3n) is 0.923. The minimum Gasteiger partial charge on any atom is -0.481 e. The van der Waals surface area contributed by atoms with Crippen LogP contribution in [0.2, 0.25) is 0 Å². The summed E-state index contributed by atoms with van der Waals surface area (Å²) in [4.78, 5) is 10.1. The molecule has 0 aliphatic carbocycles. The molecule has 0 aromatic carbocycles. The van der Waals surface area contributed by atoms with Crippen LogP contribution < -0.4 is 0 Å². The lowest BCUT2D eigenvalue weighted by molar-refractivity contribution is -0.133. The molecule has 0 aromatic heterocycles. The summed E-state index contributed by atoms with van der Waals surface area (Å²) in [5.41, 5.74) is -0.179. The predicted octanol–water partition coefficient (Wildman–Crippen LogP) is 0.897. The third-order valence-corrected chi connectivity index (χ3v) is 0.923. The molecule has 0 radical (unpaired) electrons. The monoisotopic (exact) mass is 146 g/mol. The number of ether oxygens (including phenoxy) is 1. The van der Waals surface area contributed by atoms with Gasteiger partial charge in [0.2, 0.25) is 0 Å². The fraction of sp³-hybridized carbons (Fsp3) is 0.500.